The van der Waals surface area contributed by atoms with Crippen molar-refractivity contribution in [1.82, 2.24) is 5.32 Å². The Morgan fingerprint density at radius 2 is 0.746 bits per heavy atom. The number of aliphatic hydroxyl groups is 2. The molecule has 0 rings (SSSR count). The Morgan fingerprint density at radius 1 is 0.429 bits per heavy atom. The Bertz CT molecular complexity index is 939. The summed E-state index contributed by atoms with van der Waals surface area (Å²) in [5, 5.41) is 23.3. The van der Waals surface area contributed by atoms with E-state index in [-0.39, 0.29) is 18.5 Å². The van der Waals surface area contributed by atoms with Crippen molar-refractivity contribution in [1.29, 1.82) is 0 Å². The van der Waals surface area contributed by atoms with E-state index >= 15 is 0 Å². The first-order valence-corrected chi connectivity index (χ1v) is 28.4. The highest BCUT2D eigenvalue weighted by Crippen LogP contribution is 2.17. The zero-order valence-electron chi connectivity index (χ0n) is 42.6. The molecule has 0 aliphatic rings. The van der Waals surface area contributed by atoms with Crippen molar-refractivity contribution in [3.05, 3.63) is 12.2 Å². The molecule has 6 heteroatoms. The third-order valence-corrected chi connectivity index (χ3v) is 13.3. The molecule has 0 radical (unpaired) electrons. The summed E-state index contributed by atoms with van der Waals surface area (Å²) in [6, 6.07) is -0.551. The van der Waals surface area contributed by atoms with Crippen molar-refractivity contribution >= 4 is 11.9 Å². The quantitative estimate of drug-likeness (QED) is 0.0321. The van der Waals surface area contributed by atoms with Crippen molar-refractivity contribution in [2.24, 2.45) is 0 Å². The van der Waals surface area contributed by atoms with Gasteiger partial charge in [0.1, 0.15) is 0 Å². The third-order valence-electron chi connectivity index (χ3n) is 13.3. The van der Waals surface area contributed by atoms with Crippen LogP contribution in [0.2, 0.25) is 0 Å². The summed E-state index contributed by atoms with van der Waals surface area (Å²) in [6.45, 7) is 4.93. The number of carbonyl (C=O) groups is 2. The van der Waals surface area contributed by atoms with Gasteiger partial charge in [-0.25, -0.2) is 0 Å². The fraction of sp³-hybridized carbons (Fsp3) is 0.930. The van der Waals surface area contributed by atoms with E-state index in [1.54, 1.807) is 0 Å². The maximum absolute atomic E-state index is 12.5. The van der Waals surface area contributed by atoms with Gasteiger partial charge in [-0.3, -0.25) is 9.59 Å². The van der Waals surface area contributed by atoms with Crippen LogP contribution < -0.4 is 5.32 Å². The minimum Gasteiger partial charge on any atom is -0.466 e. The summed E-state index contributed by atoms with van der Waals surface area (Å²) in [5.41, 5.74) is 0. The number of unbranched alkanes of at least 4 members (excludes halogenated alkanes) is 40. The molecule has 0 spiro atoms. The number of nitrogens with one attached hydrogen (secondary N) is 1. The van der Waals surface area contributed by atoms with Crippen LogP contribution >= 0.6 is 0 Å². The molecule has 1 amide bonds. The summed E-state index contributed by atoms with van der Waals surface area (Å²) in [4.78, 5) is 24.5. The number of allylic oxidation sites excluding steroid dienone is 2. The number of hydrogen-bond donors (Lipinski definition) is 3. The minimum absolute atomic E-state index is 0.0131. The van der Waals surface area contributed by atoms with Gasteiger partial charge in [-0.2, -0.15) is 0 Å². The lowest BCUT2D eigenvalue weighted by atomic mass is 10.0. The van der Waals surface area contributed by atoms with Crippen molar-refractivity contribution in [3.8, 4) is 0 Å². The van der Waals surface area contributed by atoms with Gasteiger partial charge >= 0.3 is 5.97 Å². The Kier molecular flexibility index (Phi) is 52.0. The van der Waals surface area contributed by atoms with Crippen LogP contribution in [0.5, 0.6) is 0 Å². The van der Waals surface area contributed by atoms with Crippen molar-refractivity contribution in [3.63, 3.8) is 0 Å². The molecule has 2 unspecified atom stereocenters. The Hall–Kier alpha value is -1.40. The SMILES string of the molecule is CCCCCCC/C=C\CCCCCCCC(=O)OCCCCCCCCCCCCCCCC(=O)NC(CO)C(O)CCCCCCCCCCCCCCCCCCCCC. The maximum Gasteiger partial charge on any atom is 0.305 e. The fourth-order valence-electron chi connectivity index (χ4n) is 8.93. The van der Waals surface area contributed by atoms with Crippen molar-refractivity contribution in [2.75, 3.05) is 13.2 Å². The molecule has 2 atom stereocenters. The van der Waals surface area contributed by atoms with E-state index in [0.717, 1.165) is 51.4 Å². The Labute approximate surface area is 393 Å². The summed E-state index contributed by atoms with van der Waals surface area (Å²) >= 11 is 0. The molecular formula is C57H111NO5. The molecule has 0 aromatic rings. The standard InChI is InChI=1S/C57H111NO5/c1-3-5-7-9-11-13-15-17-19-20-21-22-23-25-29-33-37-41-45-49-55(60)54(53-59)58-56(61)50-46-42-38-34-30-26-24-28-32-36-40-44-48-52-63-57(62)51-47-43-39-35-31-27-18-16-14-12-10-8-6-4-2/h16,18,54-55,59-60H,3-15,17,19-53H2,1-2H3,(H,58,61)/b18-16-. The van der Waals surface area contributed by atoms with Gasteiger partial charge in [0, 0.05) is 12.8 Å². The second-order valence-corrected chi connectivity index (χ2v) is 19.6. The normalized spacial score (nSPS) is 12.6. The van der Waals surface area contributed by atoms with Crippen molar-refractivity contribution < 1.29 is 24.5 Å². The third kappa shape index (κ3) is 49.9. The van der Waals surface area contributed by atoms with E-state index in [1.165, 1.54) is 231 Å². The number of amides is 1. The van der Waals surface area contributed by atoms with Crippen LogP contribution in [0, 0.1) is 0 Å². The van der Waals surface area contributed by atoms with Gasteiger partial charge in [-0.15, -0.1) is 0 Å². The van der Waals surface area contributed by atoms with E-state index in [0.29, 0.717) is 25.9 Å². The van der Waals surface area contributed by atoms with Gasteiger partial charge < -0.3 is 20.3 Å². The van der Waals surface area contributed by atoms with Gasteiger partial charge in [0.05, 0.1) is 25.4 Å². The monoisotopic (exact) mass is 890 g/mol. The van der Waals surface area contributed by atoms with E-state index in [4.69, 9.17) is 4.74 Å². The first-order valence-electron chi connectivity index (χ1n) is 28.4. The molecule has 3 N–H and O–H groups in total. The number of aliphatic hydroxyl groups excluding tert-OH is 2. The van der Waals surface area contributed by atoms with Gasteiger partial charge in [0.15, 0.2) is 0 Å². The molecule has 0 saturated heterocycles. The molecule has 0 aromatic heterocycles. The fourth-order valence-corrected chi connectivity index (χ4v) is 8.93. The van der Waals surface area contributed by atoms with Crippen LogP contribution in [-0.2, 0) is 14.3 Å². The molecule has 6 nitrogen and oxygen atoms in total. The summed E-state index contributed by atoms with van der Waals surface area (Å²) in [5.74, 6) is -0.0583. The zero-order chi connectivity index (χ0) is 45.8. The molecule has 0 bridgehead atoms. The van der Waals surface area contributed by atoms with Crippen molar-refractivity contribution in [2.45, 2.75) is 328 Å². The minimum atomic E-state index is -0.673. The molecule has 0 aliphatic carbocycles. The Balaban J connectivity index is 3.45. The van der Waals surface area contributed by atoms with Crippen LogP contribution in [0.1, 0.15) is 316 Å². The lowest BCUT2D eigenvalue weighted by Crippen LogP contribution is -2.45. The van der Waals surface area contributed by atoms with Gasteiger partial charge in [0.2, 0.25) is 5.91 Å². The zero-order valence-corrected chi connectivity index (χ0v) is 42.6. The molecule has 0 aliphatic heterocycles. The lowest BCUT2D eigenvalue weighted by molar-refractivity contribution is -0.143. The molecular weight excluding hydrogens is 779 g/mol. The van der Waals surface area contributed by atoms with Crippen LogP contribution in [0.15, 0.2) is 12.2 Å². The first kappa shape index (κ1) is 61.6. The van der Waals surface area contributed by atoms with E-state index < -0.39 is 12.1 Å². The molecule has 63 heavy (non-hydrogen) atoms. The lowest BCUT2D eigenvalue weighted by Gasteiger charge is -2.22. The summed E-state index contributed by atoms with van der Waals surface area (Å²) in [6.07, 6.45) is 61.9. The highest BCUT2D eigenvalue weighted by molar-refractivity contribution is 5.76. The second kappa shape index (κ2) is 53.2. The molecule has 0 heterocycles. The van der Waals surface area contributed by atoms with E-state index in [2.05, 4.69) is 31.3 Å². The van der Waals surface area contributed by atoms with Crippen LogP contribution in [0.3, 0.4) is 0 Å². The van der Waals surface area contributed by atoms with Gasteiger partial charge in [-0.05, 0) is 51.4 Å². The Morgan fingerprint density at radius 3 is 1.13 bits per heavy atom. The van der Waals surface area contributed by atoms with Gasteiger partial charge in [-0.1, -0.05) is 264 Å². The summed E-state index contributed by atoms with van der Waals surface area (Å²) in [7, 11) is 0. The van der Waals surface area contributed by atoms with E-state index in [9.17, 15) is 19.8 Å². The second-order valence-electron chi connectivity index (χ2n) is 19.6. The van der Waals surface area contributed by atoms with Crippen LogP contribution in [0.4, 0.5) is 0 Å². The summed E-state index contributed by atoms with van der Waals surface area (Å²) < 4.78 is 5.46. The molecule has 0 aromatic carbocycles. The van der Waals surface area contributed by atoms with Gasteiger partial charge in [0.25, 0.3) is 0 Å². The number of esters is 1. The topological polar surface area (TPSA) is 95.9 Å². The predicted octanol–water partition coefficient (Wildman–Crippen LogP) is 17.3. The highest BCUT2D eigenvalue weighted by Gasteiger charge is 2.20. The number of carbonyl (C=O) groups excluding carboxylic acids is 2. The highest BCUT2D eigenvalue weighted by atomic mass is 16.5. The molecule has 0 fully saturated rings. The van der Waals surface area contributed by atoms with Crippen LogP contribution in [0.25, 0.3) is 0 Å². The maximum atomic E-state index is 12.5. The predicted molar refractivity (Wildman–Crippen MR) is 273 cm³/mol. The number of hydrogen-bond acceptors (Lipinski definition) is 5. The number of rotatable bonds is 53. The van der Waals surface area contributed by atoms with E-state index in [1.807, 2.05) is 0 Å². The first-order chi connectivity index (χ1) is 31.0. The van der Waals surface area contributed by atoms with Crippen LogP contribution in [-0.4, -0.2) is 47.4 Å². The number of ether oxygens (including phenoxy) is 1. The smallest absolute Gasteiger partial charge is 0.305 e. The molecule has 374 valence electrons. The molecule has 0 saturated carbocycles. The average Bonchev–Trinajstić information content (AvgIpc) is 3.28. The largest absolute Gasteiger partial charge is 0.466 e. The average molecular weight is 891 g/mol.